The summed E-state index contributed by atoms with van der Waals surface area (Å²) in [6.07, 6.45) is 0.857. The Morgan fingerprint density at radius 3 is 2.78 bits per heavy atom. The molecule has 0 aliphatic heterocycles. The van der Waals surface area contributed by atoms with Gasteiger partial charge in [0.1, 0.15) is 5.51 Å². The molecule has 0 radical (unpaired) electrons. The van der Waals surface area contributed by atoms with Crippen molar-refractivity contribution >= 4 is 28.2 Å². The maximum atomic E-state index is 11.7. The predicted octanol–water partition coefficient (Wildman–Crippen LogP) is 2.55. The number of carbonyl (C=O) groups excluding carboxylic acids is 2. The molecular formula is C15H17N3O4S. The minimum absolute atomic E-state index is 0.0387. The SMILES string of the molecule is COc1cc(C(C)=O)ccc1OCCCC(=O)Nc1nncs1. The van der Waals surface area contributed by atoms with Crippen molar-refractivity contribution in [2.45, 2.75) is 19.8 Å². The van der Waals surface area contributed by atoms with Gasteiger partial charge in [-0.25, -0.2) is 0 Å². The monoisotopic (exact) mass is 335 g/mol. The Kier molecular flexibility index (Phi) is 6.04. The van der Waals surface area contributed by atoms with Gasteiger partial charge in [-0.2, -0.15) is 0 Å². The van der Waals surface area contributed by atoms with E-state index in [1.165, 1.54) is 25.4 Å². The number of hydrogen-bond donors (Lipinski definition) is 1. The zero-order valence-electron chi connectivity index (χ0n) is 12.9. The van der Waals surface area contributed by atoms with Crippen molar-refractivity contribution in [3.05, 3.63) is 29.3 Å². The van der Waals surface area contributed by atoms with Crippen LogP contribution in [0.5, 0.6) is 11.5 Å². The number of Topliss-reactive ketones (excluding diaryl/α,β-unsaturated/α-hetero) is 1. The Labute approximate surface area is 137 Å². The van der Waals surface area contributed by atoms with Crippen LogP contribution in [0.1, 0.15) is 30.1 Å². The van der Waals surface area contributed by atoms with Gasteiger partial charge < -0.3 is 14.8 Å². The number of ether oxygens (including phenoxy) is 2. The number of anilines is 1. The van der Waals surface area contributed by atoms with Crippen LogP contribution in [0.2, 0.25) is 0 Å². The van der Waals surface area contributed by atoms with Crippen LogP contribution in [0.4, 0.5) is 5.13 Å². The number of rotatable bonds is 8. The van der Waals surface area contributed by atoms with E-state index in [9.17, 15) is 9.59 Å². The molecule has 1 N–H and O–H groups in total. The molecule has 0 bridgehead atoms. The number of aromatic nitrogens is 2. The summed E-state index contributed by atoms with van der Waals surface area (Å²) in [4.78, 5) is 23.0. The van der Waals surface area contributed by atoms with Crippen molar-refractivity contribution in [1.29, 1.82) is 0 Å². The number of ketones is 1. The first-order valence-corrected chi connectivity index (χ1v) is 7.86. The lowest BCUT2D eigenvalue weighted by atomic mass is 10.1. The van der Waals surface area contributed by atoms with Crippen LogP contribution in [0, 0.1) is 0 Å². The van der Waals surface area contributed by atoms with Crippen LogP contribution in [-0.2, 0) is 4.79 Å². The second kappa shape index (κ2) is 8.23. The molecule has 1 heterocycles. The molecule has 0 unspecified atom stereocenters. The lowest BCUT2D eigenvalue weighted by Gasteiger charge is -2.11. The van der Waals surface area contributed by atoms with Crippen molar-refractivity contribution in [2.24, 2.45) is 0 Å². The first-order valence-electron chi connectivity index (χ1n) is 6.98. The maximum Gasteiger partial charge on any atom is 0.226 e. The molecule has 23 heavy (non-hydrogen) atoms. The average molecular weight is 335 g/mol. The molecule has 0 aliphatic carbocycles. The third-order valence-corrected chi connectivity index (χ3v) is 3.59. The van der Waals surface area contributed by atoms with E-state index in [1.54, 1.807) is 23.7 Å². The van der Waals surface area contributed by atoms with Crippen molar-refractivity contribution in [3.63, 3.8) is 0 Å². The summed E-state index contributed by atoms with van der Waals surface area (Å²) in [5.74, 6) is 0.866. The average Bonchev–Trinajstić information content (AvgIpc) is 3.04. The Morgan fingerprint density at radius 2 is 2.13 bits per heavy atom. The summed E-state index contributed by atoms with van der Waals surface area (Å²) >= 11 is 1.27. The van der Waals surface area contributed by atoms with Crippen LogP contribution in [0.25, 0.3) is 0 Å². The van der Waals surface area contributed by atoms with Gasteiger partial charge in [-0.1, -0.05) is 11.3 Å². The van der Waals surface area contributed by atoms with Gasteiger partial charge in [0.15, 0.2) is 17.3 Å². The van der Waals surface area contributed by atoms with Crippen molar-refractivity contribution in [2.75, 3.05) is 19.0 Å². The normalized spacial score (nSPS) is 10.2. The highest BCUT2D eigenvalue weighted by Crippen LogP contribution is 2.28. The minimum Gasteiger partial charge on any atom is -0.493 e. The lowest BCUT2D eigenvalue weighted by Crippen LogP contribution is -2.12. The molecule has 0 aliphatic rings. The number of nitrogens with one attached hydrogen (secondary N) is 1. The summed E-state index contributed by atoms with van der Waals surface area (Å²) in [7, 11) is 1.52. The molecule has 1 amide bonds. The second-order valence-electron chi connectivity index (χ2n) is 4.67. The van der Waals surface area contributed by atoms with E-state index in [4.69, 9.17) is 9.47 Å². The maximum absolute atomic E-state index is 11.7. The van der Waals surface area contributed by atoms with Crippen LogP contribution in [0.15, 0.2) is 23.7 Å². The highest BCUT2D eigenvalue weighted by molar-refractivity contribution is 7.13. The van der Waals surface area contributed by atoms with Gasteiger partial charge in [0, 0.05) is 12.0 Å². The van der Waals surface area contributed by atoms with E-state index in [-0.39, 0.29) is 11.7 Å². The van der Waals surface area contributed by atoms with Crippen LogP contribution >= 0.6 is 11.3 Å². The highest BCUT2D eigenvalue weighted by Gasteiger charge is 2.09. The molecule has 0 saturated heterocycles. The molecular weight excluding hydrogens is 318 g/mol. The van der Waals surface area contributed by atoms with Crippen molar-refractivity contribution < 1.29 is 19.1 Å². The third-order valence-electron chi connectivity index (χ3n) is 2.98. The Hall–Kier alpha value is -2.48. The van der Waals surface area contributed by atoms with E-state index in [2.05, 4.69) is 15.5 Å². The second-order valence-corrected chi connectivity index (χ2v) is 5.50. The van der Waals surface area contributed by atoms with Gasteiger partial charge in [-0.05, 0) is 31.5 Å². The number of amides is 1. The van der Waals surface area contributed by atoms with E-state index >= 15 is 0 Å². The fraction of sp³-hybridized carbons (Fsp3) is 0.333. The fourth-order valence-electron chi connectivity index (χ4n) is 1.83. The van der Waals surface area contributed by atoms with Gasteiger partial charge in [-0.15, -0.1) is 10.2 Å². The van der Waals surface area contributed by atoms with Crippen LogP contribution in [0.3, 0.4) is 0 Å². The zero-order valence-corrected chi connectivity index (χ0v) is 13.7. The van der Waals surface area contributed by atoms with E-state index in [1.807, 2.05) is 0 Å². The third kappa shape index (κ3) is 5.03. The summed E-state index contributed by atoms with van der Waals surface area (Å²) in [6.45, 7) is 1.85. The smallest absolute Gasteiger partial charge is 0.226 e. The van der Waals surface area contributed by atoms with E-state index in [0.717, 1.165) is 0 Å². The molecule has 0 saturated carbocycles. The molecule has 8 heteroatoms. The number of nitrogens with zero attached hydrogens (tertiary/aromatic N) is 2. The summed E-state index contributed by atoms with van der Waals surface area (Å²) < 4.78 is 10.8. The molecule has 1 aromatic carbocycles. The topological polar surface area (TPSA) is 90.4 Å². The molecule has 1 aromatic heterocycles. The van der Waals surface area contributed by atoms with Crippen LogP contribution in [-0.4, -0.2) is 35.6 Å². The van der Waals surface area contributed by atoms with Gasteiger partial charge >= 0.3 is 0 Å². The lowest BCUT2D eigenvalue weighted by molar-refractivity contribution is -0.116. The molecule has 2 aromatic rings. The van der Waals surface area contributed by atoms with Gasteiger partial charge in [0.2, 0.25) is 11.0 Å². The minimum atomic E-state index is -0.135. The summed E-state index contributed by atoms with van der Waals surface area (Å²) in [6, 6.07) is 5.01. The quantitative estimate of drug-likeness (QED) is 0.589. The van der Waals surface area contributed by atoms with Crippen LogP contribution < -0.4 is 14.8 Å². The zero-order chi connectivity index (χ0) is 16.7. The first kappa shape index (κ1) is 16.9. The van der Waals surface area contributed by atoms with Gasteiger partial charge in [0.25, 0.3) is 0 Å². The Bertz CT molecular complexity index is 673. The molecule has 0 spiro atoms. The number of hydrogen-bond acceptors (Lipinski definition) is 7. The standard InChI is InChI=1S/C15H17N3O4S/c1-10(19)11-5-6-12(13(8-11)21-2)22-7-3-4-14(20)17-15-18-16-9-23-15/h5-6,8-9H,3-4,7H2,1-2H3,(H,17,18,20). The number of methoxy groups -OCH3 is 1. The van der Waals surface area contributed by atoms with E-state index in [0.29, 0.717) is 41.6 Å². The van der Waals surface area contributed by atoms with Gasteiger partial charge in [-0.3, -0.25) is 9.59 Å². The highest BCUT2D eigenvalue weighted by atomic mass is 32.1. The Morgan fingerprint density at radius 1 is 1.30 bits per heavy atom. The fourth-order valence-corrected chi connectivity index (χ4v) is 2.29. The molecule has 7 nitrogen and oxygen atoms in total. The molecule has 0 fully saturated rings. The first-order chi connectivity index (χ1) is 11.1. The Balaban J connectivity index is 1.79. The predicted molar refractivity (Wildman–Crippen MR) is 86.3 cm³/mol. The van der Waals surface area contributed by atoms with E-state index < -0.39 is 0 Å². The molecule has 2 rings (SSSR count). The van der Waals surface area contributed by atoms with Crippen molar-refractivity contribution in [1.82, 2.24) is 10.2 Å². The molecule has 122 valence electrons. The molecule has 0 atom stereocenters. The summed E-state index contributed by atoms with van der Waals surface area (Å²) in [5, 5.41) is 10.5. The largest absolute Gasteiger partial charge is 0.493 e. The number of benzene rings is 1. The number of carbonyl (C=O) groups is 2. The van der Waals surface area contributed by atoms with Crippen molar-refractivity contribution in [3.8, 4) is 11.5 Å². The summed E-state index contributed by atoms with van der Waals surface area (Å²) in [5.41, 5.74) is 2.11. The van der Waals surface area contributed by atoms with Gasteiger partial charge in [0.05, 0.1) is 13.7 Å².